The van der Waals surface area contributed by atoms with E-state index in [1.54, 1.807) is 6.92 Å². The standard InChI is InChI=1S/C18H30O6/c1-13(14(2)17(19)21-5)10-8-7-9-11-23-12-24-16(4)15(3)18(20)22-6/h13,16H,2-3,7-12H2,1,4-6H3. The van der Waals surface area contributed by atoms with Crippen LogP contribution in [0.1, 0.15) is 39.5 Å². The summed E-state index contributed by atoms with van der Waals surface area (Å²) in [6.45, 7) is 11.7. The Hall–Kier alpha value is -1.66. The molecule has 0 heterocycles. The Morgan fingerprint density at radius 3 is 2.08 bits per heavy atom. The first-order valence-electron chi connectivity index (χ1n) is 8.08. The molecule has 6 heteroatoms. The molecular formula is C18H30O6. The maximum atomic E-state index is 11.3. The highest BCUT2D eigenvalue weighted by molar-refractivity contribution is 5.88. The molecule has 0 aromatic rings. The summed E-state index contributed by atoms with van der Waals surface area (Å²) in [4.78, 5) is 22.6. The van der Waals surface area contributed by atoms with Gasteiger partial charge in [-0.15, -0.1) is 0 Å². The zero-order valence-corrected chi connectivity index (χ0v) is 15.3. The molecule has 0 saturated heterocycles. The number of unbranched alkanes of at least 4 members (excludes halogenated alkanes) is 2. The third kappa shape index (κ3) is 8.84. The van der Waals surface area contributed by atoms with E-state index in [4.69, 9.17) is 9.47 Å². The Morgan fingerprint density at radius 1 is 0.917 bits per heavy atom. The van der Waals surface area contributed by atoms with Crippen LogP contribution in [0.15, 0.2) is 24.3 Å². The van der Waals surface area contributed by atoms with E-state index in [0.717, 1.165) is 25.7 Å². The summed E-state index contributed by atoms with van der Waals surface area (Å²) in [5.74, 6) is -0.706. The van der Waals surface area contributed by atoms with E-state index in [0.29, 0.717) is 12.2 Å². The van der Waals surface area contributed by atoms with E-state index in [2.05, 4.69) is 22.6 Å². The normalized spacial score (nSPS) is 13.0. The largest absolute Gasteiger partial charge is 0.466 e. The van der Waals surface area contributed by atoms with Crippen molar-refractivity contribution in [2.45, 2.75) is 45.6 Å². The lowest BCUT2D eigenvalue weighted by Crippen LogP contribution is -2.20. The van der Waals surface area contributed by atoms with E-state index in [1.165, 1.54) is 14.2 Å². The highest BCUT2D eigenvalue weighted by Gasteiger charge is 2.16. The Labute approximate surface area is 144 Å². The monoisotopic (exact) mass is 342 g/mol. The number of rotatable bonds is 13. The molecule has 2 atom stereocenters. The van der Waals surface area contributed by atoms with Gasteiger partial charge in [0.15, 0.2) is 0 Å². The number of esters is 2. The summed E-state index contributed by atoms with van der Waals surface area (Å²) in [7, 11) is 2.67. The predicted molar refractivity (Wildman–Crippen MR) is 91.3 cm³/mol. The van der Waals surface area contributed by atoms with Gasteiger partial charge in [0.05, 0.1) is 25.9 Å². The first kappa shape index (κ1) is 22.3. The van der Waals surface area contributed by atoms with Crippen LogP contribution in [-0.4, -0.2) is 45.7 Å². The summed E-state index contributed by atoms with van der Waals surface area (Å²) in [6.07, 6.45) is 3.32. The number of methoxy groups -OCH3 is 2. The molecule has 0 rings (SSSR count). The Bertz CT molecular complexity index is 389. The molecule has 0 fully saturated rings. The van der Waals surface area contributed by atoms with Gasteiger partial charge >= 0.3 is 11.9 Å². The maximum absolute atomic E-state index is 11.3. The van der Waals surface area contributed by atoms with Crippen LogP contribution in [0, 0.1) is 5.92 Å². The minimum Gasteiger partial charge on any atom is -0.466 e. The minimum absolute atomic E-state index is 0.104. The van der Waals surface area contributed by atoms with Gasteiger partial charge in [0.1, 0.15) is 6.79 Å². The Balaban J connectivity index is 3.65. The van der Waals surface area contributed by atoms with Crippen LogP contribution in [0.3, 0.4) is 0 Å². The molecule has 0 radical (unpaired) electrons. The second kappa shape index (κ2) is 12.7. The second-order valence-electron chi connectivity index (χ2n) is 5.62. The van der Waals surface area contributed by atoms with Gasteiger partial charge < -0.3 is 18.9 Å². The van der Waals surface area contributed by atoms with Crippen LogP contribution >= 0.6 is 0 Å². The van der Waals surface area contributed by atoms with Gasteiger partial charge in [-0.25, -0.2) is 9.59 Å². The number of hydrogen-bond acceptors (Lipinski definition) is 6. The molecule has 0 aliphatic heterocycles. The van der Waals surface area contributed by atoms with Crippen molar-refractivity contribution in [2.75, 3.05) is 27.6 Å². The molecule has 0 spiro atoms. The number of hydrogen-bond donors (Lipinski definition) is 0. The van der Waals surface area contributed by atoms with E-state index in [9.17, 15) is 9.59 Å². The van der Waals surface area contributed by atoms with Crippen LogP contribution in [0.4, 0.5) is 0 Å². The van der Waals surface area contributed by atoms with Crippen LogP contribution in [-0.2, 0) is 28.5 Å². The van der Waals surface area contributed by atoms with Gasteiger partial charge in [0, 0.05) is 12.2 Å². The van der Waals surface area contributed by atoms with Crippen molar-refractivity contribution >= 4 is 11.9 Å². The van der Waals surface area contributed by atoms with Crippen molar-refractivity contribution in [1.29, 1.82) is 0 Å². The van der Waals surface area contributed by atoms with Gasteiger partial charge in [0.2, 0.25) is 0 Å². The van der Waals surface area contributed by atoms with Gasteiger partial charge in [-0.05, 0) is 25.7 Å². The third-order valence-corrected chi connectivity index (χ3v) is 3.81. The fourth-order valence-electron chi connectivity index (χ4n) is 1.94. The van der Waals surface area contributed by atoms with Crippen molar-refractivity contribution in [3.8, 4) is 0 Å². The first-order chi connectivity index (χ1) is 11.3. The summed E-state index contributed by atoms with van der Waals surface area (Å²) in [5.41, 5.74) is 0.780. The number of carbonyl (C=O) groups excluding carboxylic acids is 2. The van der Waals surface area contributed by atoms with E-state index in [1.807, 2.05) is 6.92 Å². The number of carbonyl (C=O) groups is 2. The van der Waals surface area contributed by atoms with Crippen molar-refractivity contribution in [3.63, 3.8) is 0 Å². The first-order valence-corrected chi connectivity index (χ1v) is 8.08. The van der Waals surface area contributed by atoms with Crippen molar-refractivity contribution < 1.29 is 28.5 Å². The Kier molecular flexibility index (Phi) is 11.8. The van der Waals surface area contributed by atoms with Gasteiger partial charge in [-0.2, -0.15) is 0 Å². The van der Waals surface area contributed by atoms with Gasteiger partial charge in [-0.1, -0.05) is 32.9 Å². The summed E-state index contributed by atoms with van der Waals surface area (Å²) < 4.78 is 20.0. The zero-order valence-electron chi connectivity index (χ0n) is 15.3. The van der Waals surface area contributed by atoms with Crippen LogP contribution in [0.25, 0.3) is 0 Å². The van der Waals surface area contributed by atoms with Crippen LogP contribution in [0.2, 0.25) is 0 Å². The molecule has 6 nitrogen and oxygen atoms in total. The molecule has 0 saturated carbocycles. The smallest absolute Gasteiger partial charge is 0.335 e. The summed E-state index contributed by atoms with van der Waals surface area (Å²) >= 11 is 0. The van der Waals surface area contributed by atoms with E-state index in [-0.39, 0.29) is 24.3 Å². The maximum Gasteiger partial charge on any atom is 0.335 e. The molecule has 138 valence electrons. The third-order valence-electron chi connectivity index (χ3n) is 3.81. The van der Waals surface area contributed by atoms with Crippen LogP contribution in [0.5, 0.6) is 0 Å². The molecule has 0 aliphatic rings. The average molecular weight is 342 g/mol. The molecule has 0 bridgehead atoms. The van der Waals surface area contributed by atoms with Crippen molar-refractivity contribution in [1.82, 2.24) is 0 Å². The molecule has 0 aromatic carbocycles. The van der Waals surface area contributed by atoms with Crippen molar-refractivity contribution in [2.24, 2.45) is 5.92 Å². The SMILES string of the molecule is C=C(C(=O)OC)C(C)CCCCCOCOC(C)C(=C)C(=O)OC. The minimum atomic E-state index is -0.481. The Morgan fingerprint density at radius 2 is 1.50 bits per heavy atom. The highest BCUT2D eigenvalue weighted by Crippen LogP contribution is 2.17. The lowest BCUT2D eigenvalue weighted by molar-refractivity contribution is -0.139. The molecule has 0 amide bonds. The van der Waals surface area contributed by atoms with E-state index >= 15 is 0 Å². The molecule has 0 N–H and O–H groups in total. The molecule has 2 unspecified atom stereocenters. The molecule has 24 heavy (non-hydrogen) atoms. The second-order valence-corrected chi connectivity index (χ2v) is 5.62. The lowest BCUT2D eigenvalue weighted by atomic mass is 9.96. The zero-order chi connectivity index (χ0) is 18.5. The summed E-state index contributed by atoms with van der Waals surface area (Å²) in [5, 5.41) is 0. The lowest BCUT2D eigenvalue weighted by Gasteiger charge is -2.14. The van der Waals surface area contributed by atoms with E-state index < -0.39 is 12.1 Å². The van der Waals surface area contributed by atoms with Gasteiger partial charge in [0.25, 0.3) is 0 Å². The quantitative estimate of drug-likeness (QED) is 0.222. The van der Waals surface area contributed by atoms with Gasteiger partial charge in [-0.3, -0.25) is 0 Å². The molecule has 0 aliphatic carbocycles. The fraction of sp³-hybridized carbons (Fsp3) is 0.667. The molecule has 0 aromatic heterocycles. The predicted octanol–water partition coefficient (Wildman–Crippen LogP) is 3.02. The molecular weight excluding hydrogens is 312 g/mol. The number of ether oxygens (including phenoxy) is 4. The summed E-state index contributed by atoms with van der Waals surface area (Å²) in [6, 6.07) is 0. The highest BCUT2D eigenvalue weighted by atomic mass is 16.7. The average Bonchev–Trinajstić information content (AvgIpc) is 2.60. The topological polar surface area (TPSA) is 71.1 Å². The fourth-order valence-corrected chi connectivity index (χ4v) is 1.94. The van der Waals surface area contributed by atoms with Crippen molar-refractivity contribution in [3.05, 3.63) is 24.3 Å². The van der Waals surface area contributed by atoms with Crippen LogP contribution < -0.4 is 0 Å².